The van der Waals surface area contributed by atoms with Crippen LogP contribution in [0.1, 0.15) is 74.1 Å². The number of hydrogen-bond acceptors (Lipinski definition) is 9. The number of β-amino-alcohol motifs (C(OH)–C–C–N with tert-alkyl or cyclic N) is 1. The second-order valence-electron chi connectivity index (χ2n) is 13.5. The molecule has 0 aromatic heterocycles. The van der Waals surface area contributed by atoms with E-state index in [1.54, 1.807) is 33.8 Å². The summed E-state index contributed by atoms with van der Waals surface area (Å²) in [5.74, 6) is -3.62. The molecule has 0 bridgehead atoms. The normalized spacial score (nSPS) is 24.0. The summed E-state index contributed by atoms with van der Waals surface area (Å²) in [6, 6.07) is -2.16. The molecule has 2 rings (SSSR count). The van der Waals surface area contributed by atoms with Crippen molar-refractivity contribution in [1.82, 2.24) is 25.6 Å². The Balaban J connectivity index is 2.26. The van der Waals surface area contributed by atoms with E-state index in [9.17, 15) is 34.2 Å². The summed E-state index contributed by atoms with van der Waals surface area (Å²) in [5, 5.41) is 26.1. The van der Waals surface area contributed by atoms with Gasteiger partial charge in [0.05, 0.1) is 13.2 Å². The number of nitrogens with zero attached hydrogens (tertiary/aromatic N) is 3. The van der Waals surface area contributed by atoms with Crippen LogP contribution in [-0.4, -0.2) is 111 Å². The second kappa shape index (κ2) is 14.7. The minimum absolute atomic E-state index is 0.00547. The van der Waals surface area contributed by atoms with Gasteiger partial charge >= 0.3 is 5.97 Å². The molecule has 4 atom stereocenters. The Morgan fingerprint density at radius 3 is 2.32 bits per heavy atom. The topological polar surface area (TPSA) is 169 Å². The van der Waals surface area contributed by atoms with E-state index in [0.29, 0.717) is 6.42 Å². The van der Waals surface area contributed by atoms with Crippen LogP contribution in [0.25, 0.3) is 0 Å². The summed E-state index contributed by atoms with van der Waals surface area (Å²) in [6.45, 7) is 16.4. The van der Waals surface area contributed by atoms with Crippen molar-refractivity contribution in [3.63, 3.8) is 0 Å². The Labute approximate surface area is 260 Å². The number of nitrogens with one attached hydrogen (secondary N) is 2. The maximum atomic E-state index is 13.8. The highest BCUT2D eigenvalue weighted by Gasteiger charge is 2.48. The number of carbonyl (C=O) groups is 5. The number of hydrogen-bond donors (Lipinski definition) is 4. The van der Waals surface area contributed by atoms with Crippen LogP contribution in [0.2, 0.25) is 0 Å². The van der Waals surface area contributed by atoms with Crippen LogP contribution >= 0.6 is 0 Å². The van der Waals surface area contributed by atoms with Gasteiger partial charge in [-0.15, -0.1) is 0 Å². The summed E-state index contributed by atoms with van der Waals surface area (Å²) in [5.41, 5.74) is -0.892. The third kappa shape index (κ3) is 9.12. The number of likely N-dealkylation sites (tertiary alicyclic amines) is 1. The van der Waals surface area contributed by atoms with Crippen molar-refractivity contribution in [2.75, 3.05) is 33.3 Å². The lowest BCUT2D eigenvalue weighted by Crippen LogP contribution is -2.67. The minimum atomic E-state index is -2.12. The van der Waals surface area contributed by atoms with Crippen LogP contribution < -0.4 is 10.7 Å². The lowest BCUT2D eigenvalue weighted by Gasteiger charge is -2.40. The number of aliphatic hydroxyl groups is 2. The summed E-state index contributed by atoms with van der Waals surface area (Å²) < 4.78 is 5.31. The molecule has 2 aliphatic rings. The fraction of sp³-hybridized carbons (Fsp3) is 0.710. The van der Waals surface area contributed by atoms with Crippen molar-refractivity contribution in [3.8, 4) is 0 Å². The highest BCUT2D eigenvalue weighted by Crippen LogP contribution is 2.26. The van der Waals surface area contributed by atoms with Crippen molar-refractivity contribution in [2.24, 2.45) is 11.3 Å². The van der Waals surface area contributed by atoms with E-state index < -0.39 is 58.9 Å². The smallest absolute Gasteiger partial charge is 0.355 e. The lowest BCUT2D eigenvalue weighted by molar-refractivity contribution is -0.189. The zero-order valence-corrected chi connectivity index (χ0v) is 27.4. The van der Waals surface area contributed by atoms with E-state index in [2.05, 4.69) is 17.3 Å². The van der Waals surface area contributed by atoms with Gasteiger partial charge in [-0.1, -0.05) is 52.8 Å². The summed E-state index contributed by atoms with van der Waals surface area (Å²) in [4.78, 5) is 68.3. The quantitative estimate of drug-likeness (QED) is 0.149. The summed E-state index contributed by atoms with van der Waals surface area (Å²) >= 11 is 0. The molecule has 0 spiro atoms. The van der Waals surface area contributed by atoms with Crippen molar-refractivity contribution in [1.29, 1.82) is 0 Å². The van der Waals surface area contributed by atoms with Crippen LogP contribution in [-0.2, 0) is 28.7 Å². The Hall–Kier alpha value is -3.29. The van der Waals surface area contributed by atoms with E-state index in [-0.39, 0.29) is 50.9 Å². The molecule has 13 nitrogen and oxygen atoms in total. The number of amides is 4. The second-order valence-corrected chi connectivity index (χ2v) is 13.5. The molecular formula is C31H51N5O8. The van der Waals surface area contributed by atoms with Gasteiger partial charge < -0.3 is 30.1 Å². The molecule has 4 N–H and O–H groups in total. The zero-order valence-electron chi connectivity index (χ0n) is 27.4. The molecule has 0 aliphatic carbocycles. The van der Waals surface area contributed by atoms with Gasteiger partial charge in [-0.25, -0.2) is 4.79 Å². The fourth-order valence-corrected chi connectivity index (χ4v) is 5.29. The number of hydrazine groups is 1. The van der Waals surface area contributed by atoms with Crippen LogP contribution in [0.4, 0.5) is 0 Å². The molecule has 0 saturated carbocycles. The predicted molar refractivity (Wildman–Crippen MR) is 163 cm³/mol. The summed E-state index contributed by atoms with van der Waals surface area (Å²) in [6.07, 6.45) is 3.40. The average molecular weight is 622 g/mol. The predicted octanol–water partition coefficient (Wildman–Crippen LogP) is 0.865. The van der Waals surface area contributed by atoms with Crippen molar-refractivity contribution in [3.05, 3.63) is 24.3 Å². The summed E-state index contributed by atoms with van der Waals surface area (Å²) in [7, 11) is 1.41. The Morgan fingerprint density at radius 2 is 1.77 bits per heavy atom. The first-order valence-electron chi connectivity index (χ1n) is 15.1. The van der Waals surface area contributed by atoms with Gasteiger partial charge in [0, 0.05) is 33.0 Å². The number of likely N-dealkylation sites (N-methyl/N-ethyl adjacent to an activating group) is 1. The highest BCUT2D eigenvalue weighted by atomic mass is 16.6. The molecule has 0 aromatic carbocycles. The molecule has 4 amide bonds. The number of allylic oxidation sites excluding steroid dienone is 1. The van der Waals surface area contributed by atoms with Crippen LogP contribution in [0.5, 0.6) is 0 Å². The van der Waals surface area contributed by atoms with E-state index >= 15 is 0 Å². The first-order valence-corrected chi connectivity index (χ1v) is 15.1. The SMILES string of the molecule is C=CC(=O)N1CCC(O)(C(=O)N(C)[C@H](C(=O)N[C@@H](C/C(C)=C/C)C(=O)N2CCC[C@@](O)(C(=O)OCC(C)(C)C)N2)C(C)C)C1. The lowest BCUT2D eigenvalue weighted by atomic mass is 9.96. The van der Waals surface area contributed by atoms with E-state index in [4.69, 9.17) is 4.74 Å². The molecule has 2 heterocycles. The van der Waals surface area contributed by atoms with Gasteiger partial charge in [0.25, 0.3) is 11.8 Å². The maximum absolute atomic E-state index is 13.8. The molecular weight excluding hydrogens is 570 g/mol. The highest BCUT2D eigenvalue weighted by molar-refractivity contribution is 5.95. The standard InChI is InChI=1S/C31H51N5O8/c1-10-21(5)17-22(26(39)36-15-12-13-31(43,33-36)28(41)44-19-29(6,7)8)32-25(38)24(20(3)4)34(9)27(40)30(42)14-16-35(18-30)23(37)11-2/h10-11,20,22,24,33,42-43H,2,12-19H2,1,3-9H3,(H,32,38)/b21-10+/t22-,24-,30?,31+/m0/s1. The molecule has 2 aliphatic heterocycles. The van der Waals surface area contributed by atoms with E-state index in [1.807, 2.05) is 20.8 Å². The van der Waals surface area contributed by atoms with Gasteiger partial charge in [0.2, 0.25) is 17.5 Å². The number of carbonyl (C=O) groups excluding carboxylic acids is 5. The monoisotopic (exact) mass is 621 g/mol. The van der Waals surface area contributed by atoms with Gasteiger partial charge in [-0.05, 0) is 44.1 Å². The third-order valence-electron chi connectivity index (χ3n) is 7.88. The Kier molecular flexibility index (Phi) is 12.3. The number of ether oxygens (including phenoxy) is 1. The molecule has 2 fully saturated rings. The van der Waals surface area contributed by atoms with Crippen LogP contribution in [0.3, 0.4) is 0 Å². The van der Waals surface area contributed by atoms with Crippen LogP contribution in [0.15, 0.2) is 24.3 Å². The van der Waals surface area contributed by atoms with Crippen molar-refractivity contribution < 1.29 is 38.9 Å². The first-order chi connectivity index (χ1) is 20.3. The minimum Gasteiger partial charge on any atom is -0.462 e. The van der Waals surface area contributed by atoms with E-state index in [1.165, 1.54) is 11.9 Å². The fourth-order valence-electron chi connectivity index (χ4n) is 5.29. The number of esters is 1. The number of rotatable bonds is 11. The van der Waals surface area contributed by atoms with Gasteiger partial charge in [-0.3, -0.25) is 24.2 Å². The Morgan fingerprint density at radius 1 is 1.14 bits per heavy atom. The molecule has 2 saturated heterocycles. The third-order valence-corrected chi connectivity index (χ3v) is 7.88. The van der Waals surface area contributed by atoms with Gasteiger partial charge in [-0.2, -0.15) is 5.43 Å². The largest absolute Gasteiger partial charge is 0.462 e. The zero-order chi connectivity index (χ0) is 33.6. The van der Waals surface area contributed by atoms with Gasteiger partial charge in [0.1, 0.15) is 12.1 Å². The first kappa shape index (κ1) is 36.9. The molecule has 248 valence electrons. The average Bonchev–Trinajstić information content (AvgIpc) is 3.36. The van der Waals surface area contributed by atoms with E-state index in [0.717, 1.165) is 21.6 Å². The maximum Gasteiger partial charge on any atom is 0.355 e. The molecule has 1 unspecified atom stereocenters. The molecule has 44 heavy (non-hydrogen) atoms. The van der Waals surface area contributed by atoms with Crippen molar-refractivity contribution >= 4 is 29.6 Å². The molecule has 0 radical (unpaired) electrons. The van der Waals surface area contributed by atoms with Crippen molar-refractivity contribution in [2.45, 2.75) is 97.6 Å². The van der Waals surface area contributed by atoms with Gasteiger partial charge in [0.15, 0.2) is 5.60 Å². The molecule has 13 heteroatoms. The molecule has 0 aromatic rings. The van der Waals surface area contributed by atoms with Crippen LogP contribution in [0, 0.1) is 11.3 Å². The Bertz CT molecular complexity index is 1150.